The van der Waals surface area contributed by atoms with Crippen molar-refractivity contribution in [2.24, 2.45) is 0 Å². The van der Waals surface area contributed by atoms with Crippen molar-refractivity contribution in [3.05, 3.63) is 0 Å². The maximum atomic E-state index is 11.2. The second-order valence-electron chi connectivity index (χ2n) is 3.31. The van der Waals surface area contributed by atoms with Gasteiger partial charge in [-0.25, -0.2) is 0 Å². The molecule has 0 bridgehead atoms. The Bertz CT molecular complexity index is 165. The van der Waals surface area contributed by atoms with E-state index in [1.807, 2.05) is 13.8 Å². The van der Waals surface area contributed by atoms with Crippen LogP contribution in [0.3, 0.4) is 0 Å². The Hall–Kier alpha value is -0.650. The fourth-order valence-electron chi connectivity index (χ4n) is 1.05. The van der Waals surface area contributed by atoms with Crippen LogP contribution in [0.25, 0.3) is 0 Å². The molecule has 0 rings (SSSR count). The first-order chi connectivity index (χ1) is 7.20. The van der Waals surface area contributed by atoms with E-state index in [4.69, 9.17) is 9.47 Å². The lowest BCUT2D eigenvalue weighted by atomic mass is 10.3. The van der Waals surface area contributed by atoms with Crippen LogP contribution >= 0.6 is 0 Å². The summed E-state index contributed by atoms with van der Waals surface area (Å²) < 4.78 is 9.86. The number of rotatable bonds is 9. The molecule has 0 unspecified atom stereocenters. The zero-order valence-corrected chi connectivity index (χ0v) is 9.84. The fraction of sp³-hybridized carbons (Fsp3) is 0.900. The van der Waals surface area contributed by atoms with E-state index < -0.39 is 0 Å². The van der Waals surface area contributed by atoms with E-state index >= 15 is 0 Å². The molecular formula is C10H22N2O3. The first kappa shape index (κ1) is 14.3. The van der Waals surface area contributed by atoms with Gasteiger partial charge in [-0.05, 0) is 13.5 Å². The zero-order valence-electron chi connectivity index (χ0n) is 9.84. The van der Waals surface area contributed by atoms with Crippen LogP contribution in [0.1, 0.15) is 13.8 Å². The lowest BCUT2D eigenvalue weighted by Gasteiger charge is -2.13. The Morgan fingerprint density at radius 2 is 2.13 bits per heavy atom. The number of hydrogen-bond acceptors (Lipinski definition) is 4. The third-order valence-corrected chi connectivity index (χ3v) is 1.82. The molecule has 1 atom stereocenters. The van der Waals surface area contributed by atoms with Crippen LogP contribution in [0, 0.1) is 0 Å². The van der Waals surface area contributed by atoms with E-state index in [0.717, 1.165) is 6.54 Å². The predicted molar refractivity (Wildman–Crippen MR) is 58.8 cm³/mol. The van der Waals surface area contributed by atoms with Gasteiger partial charge in [0.2, 0.25) is 5.91 Å². The Morgan fingerprint density at radius 3 is 2.73 bits per heavy atom. The molecule has 0 aliphatic carbocycles. The monoisotopic (exact) mass is 218 g/mol. The molecule has 5 heteroatoms. The van der Waals surface area contributed by atoms with Gasteiger partial charge < -0.3 is 20.1 Å². The Balaban J connectivity index is 3.32. The van der Waals surface area contributed by atoms with Crippen LogP contribution in [-0.4, -0.2) is 52.0 Å². The molecule has 0 aliphatic rings. The van der Waals surface area contributed by atoms with Gasteiger partial charge in [0.05, 0.1) is 13.2 Å². The van der Waals surface area contributed by atoms with Crippen LogP contribution < -0.4 is 10.6 Å². The second kappa shape index (κ2) is 9.89. The number of carbonyl (C=O) groups is 1. The molecule has 0 radical (unpaired) electrons. The van der Waals surface area contributed by atoms with Crippen LogP contribution in [0.5, 0.6) is 0 Å². The van der Waals surface area contributed by atoms with Crippen molar-refractivity contribution in [1.29, 1.82) is 0 Å². The van der Waals surface area contributed by atoms with Crippen molar-refractivity contribution in [2.75, 3.05) is 40.0 Å². The van der Waals surface area contributed by atoms with Crippen LogP contribution in [0.2, 0.25) is 0 Å². The summed E-state index contributed by atoms with van der Waals surface area (Å²) in [4.78, 5) is 11.2. The Labute approximate surface area is 91.5 Å². The van der Waals surface area contributed by atoms with Crippen LogP contribution in [-0.2, 0) is 14.3 Å². The summed E-state index contributed by atoms with van der Waals surface area (Å²) in [7, 11) is 1.60. The van der Waals surface area contributed by atoms with Gasteiger partial charge in [0.25, 0.3) is 0 Å². The van der Waals surface area contributed by atoms with Crippen molar-refractivity contribution in [1.82, 2.24) is 10.6 Å². The summed E-state index contributed by atoms with van der Waals surface area (Å²) in [6.07, 6.45) is 0. The zero-order chi connectivity index (χ0) is 11.5. The van der Waals surface area contributed by atoms with E-state index in [0.29, 0.717) is 19.8 Å². The topological polar surface area (TPSA) is 59.6 Å². The lowest BCUT2D eigenvalue weighted by Crippen LogP contribution is -2.40. The molecule has 0 heterocycles. The summed E-state index contributed by atoms with van der Waals surface area (Å²) >= 11 is 0. The summed E-state index contributed by atoms with van der Waals surface area (Å²) in [5, 5.41) is 5.98. The van der Waals surface area contributed by atoms with Gasteiger partial charge in [0, 0.05) is 19.7 Å². The summed E-state index contributed by atoms with van der Waals surface area (Å²) in [5.74, 6) is -0.0872. The summed E-state index contributed by atoms with van der Waals surface area (Å²) in [6, 6.07) is 0.290. The number of hydrogen-bond donors (Lipinski definition) is 2. The first-order valence-corrected chi connectivity index (χ1v) is 5.27. The fourth-order valence-corrected chi connectivity index (χ4v) is 1.05. The maximum Gasteiger partial charge on any atom is 0.246 e. The standard InChI is InChI=1S/C10H22N2O3/c1-4-11-9(2)7-12-10(13)8-15-6-5-14-3/h9,11H,4-8H2,1-3H3,(H,12,13)/t9-/m1/s1. The molecule has 0 aromatic heterocycles. The van der Waals surface area contributed by atoms with Gasteiger partial charge in [0.1, 0.15) is 6.61 Å². The smallest absolute Gasteiger partial charge is 0.246 e. The predicted octanol–water partition coefficient (Wildman–Crippen LogP) is -0.236. The van der Waals surface area contributed by atoms with Crippen molar-refractivity contribution in [2.45, 2.75) is 19.9 Å². The molecule has 1 amide bonds. The maximum absolute atomic E-state index is 11.2. The van der Waals surface area contributed by atoms with Gasteiger partial charge in [-0.1, -0.05) is 6.92 Å². The number of nitrogens with one attached hydrogen (secondary N) is 2. The van der Waals surface area contributed by atoms with E-state index in [1.165, 1.54) is 0 Å². The molecular weight excluding hydrogens is 196 g/mol. The largest absolute Gasteiger partial charge is 0.382 e. The quantitative estimate of drug-likeness (QED) is 0.525. The number of methoxy groups -OCH3 is 1. The van der Waals surface area contributed by atoms with E-state index in [9.17, 15) is 4.79 Å². The minimum absolute atomic E-state index is 0.0872. The highest BCUT2D eigenvalue weighted by atomic mass is 16.5. The number of ether oxygens (including phenoxy) is 2. The minimum Gasteiger partial charge on any atom is -0.382 e. The van der Waals surface area contributed by atoms with Gasteiger partial charge in [-0.2, -0.15) is 0 Å². The highest BCUT2D eigenvalue weighted by Gasteiger charge is 2.03. The normalized spacial score (nSPS) is 12.5. The third-order valence-electron chi connectivity index (χ3n) is 1.82. The molecule has 0 aromatic carbocycles. The molecule has 5 nitrogen and oxygen atoms in total. The highest BCUT2D eigenvalue weighted by Crippen LogP contribution is 1.80. The molecule has 90 valence electrons. The van der Waals surface area contributed by atoms with Crippen LogP contribution in [0.4, 0.5) is 0 Å². The SMILES string of the molecule is CCN[C@H](C)CNC(=O)COCCOC. The third kappa shape index (κ3) is 9.65. The second-order valence-corrected chi connectivity index (χ2v) is 3.31. The minimum atomic E-state index is -0.0872. The lowest BCUT2D eigenvalue weighted by molar-refractivity contribution is -0.126. The van der Waals surface area contributed by atoms with Gasteiger partial charge in [0.15, 0.2) is 0 Å². The van der Waals surface area contributed by atoms with Crippen LogP contribution in [0.15, 0.2) is 0 Å². The van der Waals surface area contributed by atoms with E-state index in [-0.39, 0.29) is 18.6 Å². The average Bonchev–Trinajstić information content (AvgIpc) is 2.22. The summed E-state index contributed by atoms with van der Waals surface area (Å²) in [6.45, 7) is 6.65. The molecule has 0 spiro atoms. The van der Waals surface area contributed by atoms with Crippen molar-refractivity contribution in [3.8, 4) is 0 Å². The molecule has 15 heavy (non-hydrogen) atoms. The van der Waals surface area contributed by atoms with Gasteiger partial charge in [-0.3, -0.25) is 4.79 Å². The van der Waals surface area contributed by atoms with Crippen molar-refractivity contribution < 1.29 is 14.3 Å². The highest BCUT2D eigenvalue weighted by molar-refractivity contribution is 5.77. The molecule has 0 aliphatic heterocycles. The molecule has 0 fully saturated rings. The Morgan fingerprint density at radius 1 is 1.40 bits per heavy atom. The van der Waals surface area contributed by atoms with Gasteiger partial charge >= 0.3 is 0 Å². The number of carbonyl (C=O) groups excluding carboxylic acids is 1. The van der Waals surface area contributed by atoms with Gasteiger partial charge in [-0.15, -0.1) is 0 Å². The van der Waals surface area contributed by atoms with E-state index in [1.54, 1.807) is 7.11 Å². The van der Waals surface area contributed by atoms with Crippen molar-refractivity contribution in [3.63, 3.8) is 0 Å². The van der Waals surface area contributed by atoms with Crippen molar-refractivity contribution >= 4 is 5.91 Å². The Kier molecular flexibility index (Phi) is 9.46. The number of amides is 1. The molecule has 0 saturated carbocycles. The summed E-state index contributed by atoms with van der Waals surface area (Å²) in [5.41, 5.74) is 0. The van der Waals surface area contributed by atoms with E-state index in [2.05, 4.69) is 10.6 Å². The molecule has 2 N–H and O–H groups in total. The molecule has 0 saturated heterocycles. The average molecular weight is 218 g/mol. The molecule has 0 aromatic rings. The first-order valence-electron chi connectivity index (χ1n) is 5.27. The number of likely N-dealkylation sites (N-methyl/N-ethyl adjacent to an activating group) is 1.